The zero-order chi connectivity index (χ0) is 19.2. The zero-order valence-corrected chi connectivity index (χ0v) is 14.3. The first-order valence-electron chi connectivity index (χ1n) is 7.96. The number of carbonyl (C=O) groups excluding carboxylic acids is 1. The molecule has 6 nitrogen and oxygen atoms in total. The summed E-state index contributed by atoms with van der Waals surface area (Å²) in [6.45, 7) is -3.01. The Kier molecular flexibility index (Phi) is 5.65. The molecule has 0 saturated heterocycles. The van der Waals surface area contributed by atoms with Gasteiger partial charge in [-0.3, -0.25) is 0 Å². The van der Waals surface area contributed by atoms with Crippen molar-refractivity contribution in [1.29, 1.82) is 0 Å². The van der Waals surface area contributed by atoms with Gasteiger partial charge in [0.15, 0.2) is 11.5 Å². The molecule has 0 fully saturated rings. The lowest BCUT2D eigenvalue weighted by atomic mass is 10.2. The maximum absolute atomic E-state index is 12.3. The molecule has 0 bridgehead atoms. The molecule has 0 aliphatic rings. The van der Waals surface area contributed by atoms with Crippen LogP contribution >= 0.6 is 0 Å². The molecule has 27 heavy (non-hydrogen) atoms. The van der Waals surface area contributed by atoms with Gasteiger partial charge in [-0.05, 0) is 29.8 Å². The highest BCUT2D eigenvalue weighted by Crippen LogP contribution is 2.29. The standard InChI is InChI=1S/C19H16F2N2O4/c1-25-17-9-13(7-8-16(17)27-19(20)21)12-26-18(24)14-10-22-23(11-14)15-5-3-2-4-6-15/h2-11,19H,12H2,1H3. The molecule has 2 aromatic carbocycles. The van der Waals surface area contributed by atoms with Crippen LogP contribution in [0.5, 0.6) is 11.5 Å². The van der Waals surface area contributed by atoms with Crippen LogP contribution in [0, 0.1) is 0 Å². The van der Waals surface area contributed by atoms with Crippen molar-refractivity contribution in [2.45, 2.75) is 13.2 Å². The molecule has 0 aliphatic carbocycles. The van der Waals surface area contributed by atoms with Crippen LogP contribution in [0.3, 0.4) is 0 Å². The highest BCUT2D eigenvalue weighted by atomic mass is 19.3. The van der Waals surface area contributed by atoms with E-state index in [1.54, 1.807) is 10.9 Å². The third kappa shape index (κ3) is 4.60. The van der Waals surface area contributed by atoms with Gasteiger partial charge in [0.2, 0.25) is 0 Å². The van der Waals surface area contributed by atoms with Crippen LogP contribution in [-0.2, 0) is 11.3 Å². The van der Waals surface area contributed by atoms with E-state index in [4.69, 9.17) is 9.47 Å². The molecule has 3 rings (SSSR count). The fourth-order valence-electron chi connectivity index (χ4n) is 2.38. The Hall–Kier alpha value is -3.42. The molecule has 1 aromatic heterocycles. The lowest BCUT2D eigenvalue weighted by molar-refractivity contribution is -0.0512. The second-order valence-corrected chi connectivity index (χ2v) is 5.45. The Morgan fingerprint density at radius 1 is 1.15 bits per heavy atom. The number of benzene rings is 2. The molecule has 0 aliphatic heterocycles. The van der Waals surface area contributed by atoms with Crippen LogP contribution in [-0.4, -0.2) is 29.5 Å². The number of nitrogens with zero attached hydrogens (tertiary/aromatic N) is 2. The van der Waals surface area contributed by atoms with Gasteiger partial charge in [0.1, 0.15) is 6.61 Å². The maximum Gasteiger partial charge on any atom is 0.387 e. The highest BCUT2D eigenvalue weighted by molar-refractivity contribution is 5.88. The second kappa shape index (κ2) is 8.31. The largest absolute Gasteiger partial charge is 0.493 e. The van der Waals surface area contributed by atoms with E-state index in [-0.39, 0.29) is 18.1 Å². The van der Waals surface area contributed by atoms with E-state index in [1.165, 1.54) is 31.5 Å². The van der Waals surface area contributed by atoms with Gasteiger partial charge in [0.25, 0.3) is 0 Å². The van der Waals surface area contributed by atoms with Crippen LogP contribution in [0.2, 0.25) is 0 Å². The van der Waals surface area contributed by atoms with E-state index >= 15 is 0 Å². The number of aromatic nitrogens is 2. The van der Waals surface area contributed by atoms with E-state index < -0.39 is 12.6 Å². The quantitative estimate of drug-likeness (QED) is 0.588. The van der Waals surface area contributed by atoms with Crippen LogP contribution < -0.4 is 9.47 Å². The van der Waals surface area contributed by atoms with Crippen molar-refractivity contribution in [2.75, 3.05) is 7.11 Å². The molecule has 8 heteroatoms. The molecule has 140 valence electrons. The van der Waals surface area contributed by atoms with Gasteiger partial charge in [0.05, 0.1) is 24.6 Å². The van der Waals surface area contributed by atoms with Gasteiger partial charge >= 0.3 is 12.6 Å². The molecule has 0 amide bonds. The van der Waals surface area contributed by atoms with E-state index in [0.717, 1.165) is 5.69 Å². The van der Waals surface area contributed by atoms with Crippen molar-refractivity contribution in [2.24, 2.45) is 0 Å². The Bertz CT molecular complexity index is 913. The van der Waals surface area contributed by atoms with Gasteiger partial charge < -0.3 is 14.2 Å². The number of carbonyl (C=O) groups is 1. The summed E-state index contributed by atoms with van der Waals surface area (Å²) >= 11 is 0. The normalized spacial score (nSPS) is 10.7. The van der Waals surface area contributed by atoms with Crippen molar-refractivity contribution in [3.05, 3.63) is 72.1 Å². The van der Waals surface area contributed by atoms with Crippen LogP contribution in [0.4, 0.5) is 8.78 Å². The number of esters is 1. The molecule has 0 saturated carbocycles. The molecular formula is C19H16F2N2O4. The number of methoxy groups -OCH3 is 1. The van der Waals surface area contributed by atoms with Crippen LogP contribution in [0.15, 0.2) is 60.9 Å². The molecule has 0 spiro atoms. The molecule has 1 heterocycles. The summed E-state index contributed by atoms with van der Waals surface area (Å²) in [7, 11) is 1.33. The summed E-state index contributed by atoms with van der Waals surface area (Å²) in [5.41, 5.74) is 1.68. The first kappa shape index (κ1) is 18.4. The minimum Gasteiger partial charge on any atom is -0.493 e. The number of alkyl halides is 2. The minimum absolute atomic E-state index is 0.0549. The third-order valence-corrected chi connectivity index (χ3v) is 3.65. The fraction of sp³-hybridized carbons (Fsp3) is 0.158. The Balaban J connectivity index is 1.65. The fourth-order valence-corrected chi connectivity index (χ4v) is 2.38. The number of para-hydroxylation sites is 1. The third-order valence-electron chi connectivity index (χ3n) is 3.65. The molecule has 0 radical (unpaired) electrons. The van der Waals surface area contributed by atoms with Crippen molar-refractivity contribution in [3.63, 3.8) is 0 Å². The van der Waals surface area contributed by atoms with Gasteiger partial charge in [-0.15, -0.1) is 0 Å². The molecule has 0 unspecified atom stereocenters. The van der Waals surface area contributed by atoms with E-state index in [9.17, 15) is 13.6 Å². The van der Waals surface area contributed by atoms with Gasteiger partial charge in [0, 0.05) is 6.20 Å². The zero-order valence-electron chi connectivity index (χ0n) is 14.3. The number of halogens is 2. The van der Waals surface area contributed by atoms with Gasteiger partial charge in [-0.1, -0.05) is 24.3 Å². The molecular weight excluding hydrogens is 358 g/mol. The summed E-state index contributed by atoms with van der Waals surface area (Å²) in [4.78, 5) is 12.2. The second-order valence-electron chi connectivity index (χ2n) is 5.45. The minimum atomic E-state index is -2.95. The monoisotopic (exact) mass is 374 g/mol. The summed E-state index contributed by atoms with van der Waals surface area (Å²) in [6, 6.07) is 13.7. The van der Waals surface area contributed by atoms with Crippen LogP contribution in [0.1, 0.15) is 15.9 Å². The number of ether oxygens (including phenoxy) is 3. The summed E-state index contributed by atoms with van der Waals surface area (Å²) in [5.74, 6) is -0.517. The smallest absolute Gasteiger partial charge is 0.387 e. The lowest BCUT2D eigenvalue weighted by Gasteiger charge is -2.11. The van der Waals surface area contributed by atoms with Crippen molar-refractivity contribution >= 4 is 5.97 Å². The van der Waals surface area contributed by atoms with E-state index in [0.29, 0.717) is 11.1 Å². The molecule has 0 atom stereocenters. The number of rotatable bonds is 7. The predicted molar refractivity (Wildman–Crippen MR) is 92.3 cm³/mol. The highest BCUT2D eigenvalue weighted by Gasteiger charge is 2.14. The first-order chi connectivity index (χ1) is 13.1. The average Bonchev–Trinajstić information content (AvgIpc) is 3.17. The number of hydrogen-bond donors (Lipinski definition) is 0. The van der Waals surface area contributed by atoms with Crippen molar-refractivity contribution in [1.82, 2.24) is 9.78 Å². The van der Waals surface area contributed by atoms with Gasteiger partial charge in [-0.2, -0.15) is 13.9 Å². The van der Waals surface area contributed by atoms with Gasteiger partial charge in [-0.25, -0.2) is 9.48 Å². The summed E-state index contributed by atoms with van der Waals surface area (Å²) < 4.78 is 40.9. The van der Waals surface area contributed by atoms with Crippen LogP contribution in [0.25, 0.3) is 5.69 Å². The van der Waals surface area contributed by atoms with E-state index in [1.807, 2.05) is 30.3 Å². The Morgan fingerprint density at radius 2 is 1.93 bits per heavy atom. The molecule has 0 N–H and O–H groups in total. The Labute approximate surface area is 153 Å². The van der Waals surface area contributed by atoms with E-state index in [2.05, 4.69) is 9.84 Å². The average molecular weight is 374 g/mol. The Morgan fingerprint density at radius 3 is 2.63 bits per heavy atom. The van der Waals surface area contributed by atoms with Crippen molar-refractivity contribution in [3.8, 4) is 17.2 Å². The summed E-state index contributed by atoms with van der Waals surface area (Å²) in [5, 5.41) is 4.14. The lowest BCUT2D eigenvalue weighted by Crippen LogP contribution is -2.06. The summed E-state index contributed by atoms with van der Waals surface area (Å²) in [6.07, 6.45) is 2.98. The number of hydrogen-bond acceptors (Lipinski definition) is 5. The predicted octanol–water partition coefficient (Wildman–Crippen LogP) is 3.84. The first-order valence-corrected chi connectivity index (χ1v) is 7.96. The topological polar surface area (TPSA) is 62.6 Å². The SMILES string of the molecule is COc1cc(COC(=O)c2cnn(-c3ccccc3)c2)ccc1OC(F)F. The maximum atomic E-state index is 12.3. The van der Waals surface area contributed by atoms with Crippen molar-refractivity contribution < 1.29 is 27.8 Å². The molecule has 3 aromatic rings.